The summed E-state index contributed by atoms with van der Waals surface area (Å²) in [5.74, 6) is -0.0926. The fourth-order valence-corrected chi connectivity index (χ4v) is 4.42. The van der Waals surface area contributed by atoms with Crippen LogP contribution in [-0.4, -0.2) is 48.1 Å². The van der Waals surface area contributed by atoms with Crippen LogP contribution in [0, 0.1) is 0 Å². The Bertz CT molecular complexity index is 978. The SMILES string of the molecule is O=C(/C=C\c1cccnc1)NCCCOC1CCN(C(c2ccccc2)c2ccccc2)CC1. The number of amides is 1. The van der Waals surface area contributed by atoms with Crippen LogP contribution in [-0.2, 0) is 9.53 Å². The number of nitrogens with one attached hydrogen (secondary N) is 1. The number of ether oxygens (including phenoxy) is 1. The van der Waals surface area contributed by atoms with E-state index >= 15 is 0 Å². The Morgan fingerprint density at radius 1 is 1.00 bits per heavy atom. The van der Waals surface area contributed by atoms with E-state index in [4.69, 9.17) is 4.74 Å². The fourth-order valence-electron chi connectivity index (χ4n) is 4.42. The zero-order chi connectivity index (χ0) is 23.4. The summed E-state index contributed by atoms with van der Waals surface area (Å²) in [6.07, 6.45) is 9.89. The Morgan fingerprint density at radius 3 is 2.29 bits per heavy atom. The maximum atomic E-state index is 12.0. The molecular formula is C29H33N3O2. The van der Waals surface area contributed by atoms with Crippen molar-refractivity contribution in [2.24, 2.45) is 0 Å². The van der Waals surface area contributed by atoms with Gasteiger partial charge in [0, 0.05) is 44.7 Å². The molecule has 1 aromatic heterocycles. The summed E-state index contributed by atoms with van der Waals surface area (Å²) in [5, 5.41) is 2.91. The Kier molecular flexibility index (Phi) is 9.00. The minimum absolute atomic E-state index is 0.0926. The number of nitrogens with zero attached hydrogens (tertiary/aromatic N) is 2. The monoisotopic (exact) mass is 455 g/mol. The Labute approximate surface area is 202 Å². The summed E-state index contributed by atoms with van der Waals surface area (Å²) in [6, 6.07) is 25.6. The molecule has 0 unspecified atom stereocenters. The average molecular weight is 456 g/mol. The number of likely N-dealkylation sites (tertiary alicyclic amines) is 1. The quantitative estimate of drug-likeness (QED) is 0.350. The molecule has 1 aliphatic rings. The maximum absolute atomic E-state index is 12.0. The van der Waals surface area contributed by atoms with Crippen molar-refractivity contribution in [2.45, 2.75) is 31.4 Å². The summed E-state index contributed by atoms with van der Waals surface area (Å²) in [5.41, 5.74) is 3.58. The average Bonchev–Trinajstić information content (AvgIpc) is 2.90. The minimum atomic E-state index is -0.0926. The second kappa shape index (κ2) is 12.8. The van der Waals surface area contributed by atoms with Gasteiger partial charge in [-0.1, -0.05) is 66.7 Å². The van der Waals surface area contributed by atoms with Crippen molar-refractivity contribution in [1.29, 1.82) is 0 Å². The van der Waals surface area contributed by atoms with Crippen LogP contribution in [0.3, 0.4) is 0 Å². The van der Waals surface area contributed by atoms with Gasteiger partial charge in [-0.25, -0.2) is 0 Å². The highest BCUT2D eigenvalue weighted by molar-refractivity contribution is 5.91. The van der Waals surface area contributed by atoms with Crippen LogP contribution in [0.2, 0.25) is 0 Å². The topological polar surface area (TPSA) is 54.5 Å². The molecule has 4 rings (SSSR count). The molecule has 1 amide bonds. The number of hydrogen-bond donors (Lipinski definition) is 1. The van der Waals surface area contributed by atoms with Crippen LogP contribution in [0.5, 0.6) is 0 Å². The number of carbonyl (C=O) groups is 1. The molecule has 2 heterocycles. The first-order valence-electron chi connectivity index (χ1n) is 12.1. The van der Waals surface area contributed by atoms with Gasteiger partial charge < -0.3 is 10.1 Å². The first kappa shape index (κ1) is 23.9. The summed E-state index contributed by atoms with van der Waals surface area (Å²) >= 11 is 0. The third kappa shape index (κ3) is 7.11. The molecule has 1 fully saturated rings. The maximum Gasteiger partial charge on any atom is 0.244 e. The Hall–Kier alpha value is -3.28. The van der Waals surface area contributed by atoms with Crippen LogP contribution < -0.4 is 5.32 Å². The van der Waals surface area contributed by atoms with Gasteiger partial charge in [-0.3, -0.25) is 14.7 Å². The van der Waals surface area contributed by atoms with E-state index in [0.29, 0.717) is 13.2 Å². The van der Waals surface area contributed by atoms with Gasteiger partial charge in [-0.05, 0) is 48.1 Å². The molecule has 0 saturated carbocycles. The number of rotatable bonds is 10. The van der Waals surface area contributed by atoms with Gasteiger partial charge in [0.2, 0.25) is 5.91 Å². The molecular weight excluding hydrogens is 422 g/mol. The normalized spacial score (nSPS) is 15.1. The smallest absolute Gasteiger partial charge is 0.244 e. The molecule has 2 aromatic carbocycles. The predicted octanol–water partition coefficient (Wildman–Crippen LogP) is 4.87. The summed E-state index contributed by atoms with van der Waals surface area (Å²) in [4.78, 5) is 18.6. The number of piperidine rings is 1. The Morgan fingerprint density at radius 2 is 1.68 bits per heavy atom. The van der Waals surface area contributed by atoms with Crippen LogP contribution in [0.1, 0.15) is 42.0 Å². The van der Waals surface area contributed by atoms with Crippen LogP contribution in [0.25, 0.3) is 6.08 Å². The third-order valence-electron chi connectivity index (χ3n) is 6.16. The molecule has 1 saturated heterocycles. The van der Waals surface area contributed by atoms with E-state index in [2.05, 4.69) is 75.9 Å². The van der Waals surface area contributed by atoms with E-state index in [1.54, 1.807) is 24.5 Å². The zero-order valence-corrected chi connectivity index (χ0v) is 19.6. The highest BCUT2D eigenvalue weighted by atomic mass is 16.5. The van der Waals surface area contributed by atoms with E-state index in [-0.39, 0.29) is 18.1 Å². The Balaban J connectivity index is 1.18. The second-order valence-electron chi connectivity index (χ2n) is 8.59. The van der Waals surface area contributed by atoms with Gasteiger partial charge in [-0.2, -0.15) is 0 Å². The van der Waals surface area contributed by atoms with E-state index in [1.807, 2.05) is 12.1 Å². The molecule has 176 valence electrons. The van der Waals surface area contributed by atoms with Gasteiger partial charge >= 0.3 is 0 Å². The van der Waals surface area contributed by atoms with E-state index in [0.717, 1.165) is 37.9 Å². The lowest BCUT2D eigenvalue weighted by atomic mass is 9.94. The molecule has 0 aliphatic carbocycles. The van der Waals surface area contributed by atoms with Crippen molar-refractivity contribution < 1.29 is 9.53 Å². The molecule has 0 spiro atoms. The number of carbonyl (C=O) groups excluding carboxylic acids is 1. The van der Waals surface area contributed by atoms with Crippen molar-refractivity contribution in [2.75, 3.05) is 26.2 Å². The molecule has 5 nitrogen and oxygen atoms in total. The standard InChI is InChI=1S/C29H33N3O2/c33-28(15-14-24-9-7-18-30-23-24)31-19-8-22-34-27-16-20-32(21-17-27)29(25-10-3-1-4-11-25)26-12-5-2-6-13-26/h1-7,9-15,18,23,27,29H,8,16-17,19-22H2,(H,31,33)/b15-14-. The molecule has 0 radical (unpaired) electrons. The first-order valence-corrected chi connectivity index (χ1v) is 12.1. The van der Waals surface area contributed by atoms with Gasteiger partial charge in [0.15, 0.2) is 0 Å². The highest BCUT2D eigenvalue weighted by Gasteiger charge is 2.27. The van der Waals surface area contributed by atoms with Crippen molar-refractivity contribution >= 4 is 12.0 Å². The van der Waals surface area contributed by atoms with Crippen molar-refractivity contribution in [3.05, 3.63) is 108 Å². The lowest BCUT2D eigenvalue weighted by Gasteiger charge is -2.38. The predicted molar refractivity (Wildman–Crippen MR) is 136 cm³/mol. The molecule has 3 aromatic rings. The second-order valence-corrected chi connectivity index (χ2v) is 8.59. The van der Waals surface area contributed by atoms with E-state index in [1.165, 1.54) is 11.1 Å². The van der Waals surface area contributed by atoms with E-state index in [9.17, 15) is 4.79 Å². The summed E-state index contributed by atoms with van der Waals surface area (Å²) < 4.78 is 6.13. The van der Waals surface area contributed by atoms with Crippen molar-refractivity contribution in [3.63, 3.8) is 0 Å². The number of benzene rings is 2. The van der Waals surface area contributed by atoms with Gasteiger partial charge in [0.25, 0.3) is 0 Å². The molecule has 0 bridgehead atoms. The lowest BCUT2D eigenvalue weighted by molar-refractivity contribution is -0.116. The first-order chi connectivity index (χ1) is 16.8. The molecule has 0 atom stereocenters. The van der Waals surface area contributed by atoms with Crippen LogP contribution in [0.4, 0.5) is 0 Å². The van der Waals surface area contributed by atoms with E-state index < -0.39 is 0 Å². The molecule has 1 aliphatic heterocycles. The van der Waals surface area contributed by atoms with Gasteiger partial charge in [0.1, 0.15) is 0 Å². The highest BCUT2D eigenvalue weighted by Crippen LogP contribution is 2.31. The summed E-state index contributed by atoms with van der Waals surface area (Å²) in [6.45, 7) is 3.29. The van der Waals surface area contributed by atoms with Crippen molar-refractivity contribution in [3.8, 4) is 0 Å². The van der Waals surface area contributed by atoms with Crippen molar-refractivity contribution in [1.82, 2.24) is 15.2 Å². The van der Waals surface area contributed by atoms with Crippen LogP contribution >= 0.6 is 0 Å². The van der Waals surface area contributed by atoms with Gasteiger partial charge in [0.05, 0.1) is 12.1 Å². The van der Waals surface area contributed by atoms with Crippen LogP contribution in [0.15, 0.2) is 91.3 Å². The molecule has 34 heavy (non-hydrogen) atoms. The minimum Gasteiger partial charge on any atom is -0.378 e. The summed E-state index contributed by atoms with van der Waals surface area (Å²) in [7, 11) is 0. The van der Waals surface area contributed by atoms with Gasteiger partial charge in [-0.15, -0.1) is 0 Å². The number of hydrogen-bond acceptors (Lipinski definition) is 4. The third-order valence-corrected chi connectivity index (χ3v) is 6.16. The molecule has 5 heteroatoms. The zero-order valence-electron chi connectivity index (χ0n) is 19.6. The largest absolute Gasteiger partial charge is 0.378 e. The molecule has 1 N–H and O–H groups in total. The fraction of sp³-hybridized carbons (Fsp3) is 0.310. The lowest BCUT2D eigenvalue weighted by Crippen LogP contribution is -2.40. The number of aromatic nitrogens is 1. The number of pyridine rings is 1.